The molecule has 2 aliphatic heterocycles. The van der Waals surface area contributed by atoms with E-state index in [1.54, 1.807) is 36.3 Å². The van der Waals surface area contributed by atoms with Gasteiger partial charge in [0, 0.05) is 25.2 Å². The lowest BCUT2D eigenvalue weighted by molar-refractivity contribution is -0.149. The summed E-state index contributed by atoms with van der Waals surface area (Å²) in [5, 5.41) is 9.22. The molecule has 128 valence electrons. The monoisotopic (exact) mass is 332 g/mol. The van der Waals surface area contributed by atoms with Gasteiger partial charge in [0.25, 0.3) is 0 Å². The molecule has 1 aromatic rings. The molecule has 0 aromatic heterocycles. The Labute approximate surface area is 139 Å². The van der Waals surface area contributed by atoms with E-state index in [1.165, 1.54) is 4.90 Å². The van der Waals surface area contributed by atoms with Crippen molar-refractivity contribution >= 4 is 23.5 Å². The molecule has 0 radical (unpaired) electrons. The zero-order valence-electron chi connectivity index (χ0n) is 13.5. The lowest BCUT2D eigenvalue weighted by Crippen LogP contribution is -2.44. The molecule has 2 amide bonds. The Hall–Kier alpha value is -2.57. The van der Waals surface area contributed by atoms with Crippen LogP contribution in [0.2, 0.25) is 0 Å². The van der Waals surface area contributed by atoms with Crippen LogP contribution in [0, 0.1) is 5.92 Å². The first-order valence-corrected chi connectivity index (χ1v) is 7.99. The van der Waals surface area contributed by atoms with Crippen LogP contribution < -0.4 is 9.64 Å². The van der Waals surface area contributed by atoms with E-state index in [0.29, 0.717) is 30.8 Å². The zero-order chi connectivity index (χ0) is 17.3. The van der Waals surface area contributed by atoms with Crippen LogP contribution in [0.25, 0.3) is 0 Å². The second-order valence-corrected chi connectivity index (χ2v) is 6.13. The van der Waals surface area contributed by atoms with Gasteiger partial charge in [0.1, 0.15) is 11.8 Å². The van der Waals surface area contributed by atoms with E-state index in [1.807, 2.05) is 0 Å². The third-order valence-electron chi connectivity index (χ3n) is 4.68. The van der Waals surface area contributed by atoms with Crippen molar-refractivity contribution in [3.63, 3.8) is 0 Å². The van der Waals surface area contributed by atoms with E-state index in [4.69, 9.17) is 4.74 Å². The summed E-state index contributed by atoms with van der Waals surface area (Å²) in [5.74, 6) is -1.12. The Balaban J connectivity index is 1.71. The summed E-state index contributed by atoms with van der Waals surface area (Å²) in [5.41, 5.74) is 0.715. The highest BCUT2D eigenvalue weighted by molar-refractivity contribution is 6.01. The van der Waals surface area contributed by atoms with Gasteiger partial charge >= 0.3 is 5.97 Å². The fourth-order valence-electron chi connectivity index (χ4n) is 3.41. The number of carbonyl (C=O) groups is 3. The smallest absolute Gasteiger partial charge is 0.326 e. The minimum atomic E-state index is -0.975. The fraction of sp³-hybridized carbons (Fsp3) is 0.471. The Kier molecular flexibility index (Phi) is 4.42. The average Bonchev–Trinajstić information content (AvgIpc) is 3.21. The van der Waals surface area contributed by atoms with Crippen LogP contribution in [-0.2, 0) is 14.4 Å². The number of carbonyl (C=O) groups excluding carboxylic acids is 2. The molecule has 2 saturated heterocycles. The Morgan fingerprint density at radius 2 is 1.96 bits per heavy atom. The van der Waals surface area contributed by atoms with Gasteiger partial charge in [-0.2, -0.15) is 0 Å². The number of aliphatic carboxylic acids is 1. The number of methoxy groups -OCH3 is 1. The fourth-order valence-corrected chi connectivity index (χ4v) is 3.41. The largest absolute Gasteiger partial charge is 0.497 e. The molecule has 0 unspecified atom stereocenters. The zero-order valence-corrected chi connectivity index (χ0v) is 13.5. The maximum absolute atomic E-state index is 12.6. The molecule has 0 saturated carbocycles. The molecule has 1 N–H and O–H groups in total. The normalized spacial score (nSPS) is 23.6. The first-order chi connectivity index (χ1) is 11.5. The van der Waals surface area contributed by atoms with E-state index in [9.17, 15) is 19.5 Å². The molecule has 7 nitrogen and oxygen atoms in total. The predicted molar refractivity (Wildman–Crippen MR) is 85.8 cm³/mol. The molecule has 0 bridgehead atoms. The van der Waals surface area contributed by atoms with Gasteiger partial charge in [-0.1, -0.05) is 0 Å². The van der Waals surface area contributed by atoms with Crippen LogP contribution in [0.5, 0.6) is 5.75 Å². The number of ether oxygens (including phenoxy) is 1. The number of amides is 2. The second kappa shape index (κ2) is 6.51. The predicted octanol–water partition coefficient (Wildman–Crippen LogP) is 1.12. The summed E-state index contributed by atoms with van der Waals surface area (Å²) in [4.78, 5) is 39.2. The number of hydrogen-bond acceptors (Lipinski definition) is 4. The summed E-state index contributed by atoms with van der Waals surface area (Å²) in [6.45, 7) is 0.732. The summed E-state index contributed by atoms with van der Waals surface area (Å²) in [6.07, 6.45) is 1.28. The summed E-state index contributed by atoms with van der Waals surface area (Å²) < 4.78 is 5.10. The van der Waals surface area contributed by atoms with Crippen molar-refractivity contribution in [1.82, 2.24) is 4.90 Å². The van der Waals surface area contributed by atoms with Crippen molar-refractivity contribution in [2.75, 3.05) is 25.1 Å². The molecule has 0 aliphatic carbocycles. The molecule has 1 aromatic carbocycles. The van der Waals surface area contributed by atoms with Crippen LogP contribution in [0.4, 0.5) is 5.69 Å². The van der Waals surface area contributed by atoms with Crippen molar-refractivity contribution in [1.29, 1.82) is 0 Å². The van der Waals surface area contributed by atoms with Crippen molar-refractivity contribution in [3.8, 4) is 5.75 Å². The van der Waals surface area contributed by atoms with Crippen molar-refractivity contribution in [2.45, 2.75) is 25.3 Å². The van der Waals surface area contributed by atoms with Crippen molar-refractivity contribution in [3.05, 3.63) is 24.3 Å². The molecular formula is C17H20N2O5. The topological polar surface area (TPSA) is 87.2 Å². The maximum atomic E-state index is 12.6. The van der Waals surface area contributed by atoms with Crippen LogP contribution in [0.3, 0.4) is 0 Å². The summed E-state index contributed by atoms with van der Waals surface area (Å²) >= 11 is 0. The minimum absolute atomic E-state index is 0.119. The van der Waals surface area contributed by atoms with E-state index in [-0.39, 0.29) is 24.8 Å². The number of anilines is 1. The molecule has 2 aliphatic rings. The van der Waals surface area contributed by atoms with E-state index < -0.39 is 17.9 Å². The van der Waals surface area contributed by atoms with Crippen LogP contribution in [-0.4, -0.2) is 54.0 Å². The van der Waals surface area contributed by atoms with Crippen LogP contribution in [0.1, 0.15) is 19.3 Å². The first-order valence-electron chi connectivity index (χ1n) is 7.99. The minimum Gasteiger partial charge on any atom is -0.497 e. The maximum Gasteiger partial charge on any atom is 0.326 e. The van der Waals surface area contributed by atoms with Gasteiger partial charge in [-0.05, 0) is 37.1 Å². The van der Waals surface area contributed by atoms with Crippen LogP contribution >= 0.6 is 0 Å². The standard InChI is InChI=1S/C17H20N2O5/c1-24-13-6-4-12(5-7-13)19-10-11(9-15(19)20)16(21)18-8-2-3-14(18)17(22)23/h4-7,11,14H,2-3,8-10H2,1H3,(H,22,23)/t11-,14+/m0/s1. The molecule has 7 heteroatoms. The Bertz CT molecular complexity index is 657. The molecular weight excluding hydrogens is 312 g/mol. The lowest BCUT2D eigenvalue weighted by atomic mass is 10.1. The number of benzene rings is 1. The molecule has 2 heterocycles. The number of carboxylic acids is 1. The number of carboxylic acid groups (broad SMARTS) is 1. The number of rotatable bonds is 4. The van der Waals surface area contributed by atoms with Crippen molar-refractivity contribution in [2.24, 2.45) is 5.92 Å². The van der Waals surface area contributed by atoms with E-state index >= 15 is 0 Å². The highest BCUT2D eigenvalue weighted by Gasteiger charge is 2.42. The van der Waals surface area contributed by atoms with Gasteiger partial charge in [-0.3, -0.25) is 9.59 Å². The van der Waals surface area contributed by atoms with Gasteiger partial charge in [0.15, 0.2) is 0 Å². The third-order valence-corrected chi connectivity index (χ3v) is 4.68. The second-order valence-electron chi connectivity index (χ2n) is 6.13. The van der Waals surface area contributed by atoms with Crippen molar-refractivity contribution < 1.29 is 24.2 Å². The average molecular weight is 332 g/mol. The molecule has 2 atom stereocenters. The highest BCUT2D eigenvalue weighted by Crippen LogP contribution is 2.29. The summed E-state index contributed by atoms with van der Waals surface area (Å²) in [6, 6.07) is 6.32. The Morgan fingerprint density at radius 1 is 1.25 bits per heavy atom. The number of likely N-dealkylation sites (tertiary alicyclic amines) is 1. The molecule has 0 spiro atoms. The van der Waals surface area contributed by atoms with Crippen LogP contribution in [0.15, 0.2) is 24.3 Å². The third kappa shape index (κ3) is 2.93. The van der Waals surface area contributed by atoms with Gasteiger partial charge in [-0.25, -0.2) is 4.79 Å². The SMILES string of the molecule is COc1ccc(N2C[C@@H](C(=O)N3CCC[C@@H]3C(=O)O)CC2=O)cc1. The van der Waals surface area contributed by atoms with Gasteiger partial charge in [-0.15, -0.1) is 0 Å². The lowest BCUT2D eigenvalue weighted by Gasteiger charge is -2.24. The van der Waals surface area contributed by atoms with Gasteiger partial charge < -0.3 is 19.6 Å². The number of hydrogen-bond donors (Lipinski definition) is 1. The summed E-state index contributed by atoms with van der Waals surface area (Å²) in [7, 11) is 1.57. The first kappa shape index (κ1) is 16.3. The highest BCUT2D eigenvalue weighted by atomic mass is 16.5. The van der Waals surface area contributed by atoms with E-state index in [2.05, 4.69) is 0 Å². The number of nitrogens with zero attached hydrogens (tertiary/aromatic N) is 2. The molecule has 24 heavy (non-hydrogen) atoms. The molecule has 3 rings (SSSR count). The Morgan fingerprint density at radius 3 is 2.58 bits per heavy atom. The van der Waals surface area contributed by atoms with Gasteiger partial charge in [0.2, 0.25) is 11.8 Å². The van der Waals surface area contributed by atoms with Gasteiger partial charge in [0.05, 0.1) is 13.0 Å². The van der Waals surface area contributed by atoms with E-state index in [0.717, 1.165) is 0 Å². The molecule has 2 fully saturated rings. The quantitative estimate of drug-likeness (QED) is 0.893.